The fourth-order valence-electron chi connectivity index (χ4n) is 0.272. The molecule has 1 heterocycles. The standard InChI is InChI=1S/C4H6O3.C3H7N/c5-2-1-4(7)3-6;1-3-2-4-3/h2-4,7H,1H2;3-4H,2H2,1H3. The second kappa shape index (κ2) is 6.00. The fourth-order valence-corrected chi connectivity index (χ4v) is 0.272. The maximum atomic E-state index is 9.49. The molecule has 1 aliphatic heterocycles. The Morgan fingerprint density at radius 2 is 2.18 bits per heavy atom. The van der Waals surface area contributed by atoms with Gasteiger partial charge in [-0.1, -0.05) is 0 Å². The van der Waals surface area contributed by atoms with Gasteiger partial charge in [-0.25, -0.2) is 0 Å². The monoisotopic (exact) mass is 159 g/mol. The van der Waals surface area contributed by atoms with E-state index in [1.807, 2.05) is 0 Å². The van der Waals surface area contributed by atoms with Crippen molar-refractivity contribution < 1.29 is 14.7 Å². The van der Waals surface area contributed by atoms with Crippen LogP contribution in [0.15, 0.2) is 0 Å². The van der Waals surface area contributed by atoms with Crippen molar-refractivity contribution in [2.75, 3.05) is 6.54 Å². The minimum atomic E-state index is -1.10. The number of aliphatic hydroxyl groups is 1. The van der Waals surface area contributed by atoms with Crippen LogP contribution in [0.25, 0.3) is 0 Å². The molecular weight excluding hydrogens is 146 g/mol. The Kier molecular flexibility index (Phi) is 5.60. The maximum Gasteiger partial charge on any atom is 0.148 e. The molecule has 0 radical (unpaired) electrons. The summed E-state index contributed by atoms with van der Waals surface area (Å²) in [5.74, 6) is 0. The first-order chi connectivity index (χ1) is 5.20. The number of hydrogen-bond acceptors (Lipinski definition) is 4. The molecule has 1 aliphatic rings. The predicted molar refractivity (Wildman–Crippen MR) is 40.2 cm³/mol. The molecule has 64 valence electrons. The summed E-state index contributed by atoms with van der Waals surface area (Å²) in [6, 6.07) is 0.833. The van der Waals surface area contributed by atoms with E-state index in [1.165, 1.54) is 6.54 Å². The van der Waals surface area contributed by atoms with Crippen LogP contribution < -0.4 is 5.32 Å². The second-order valence-corrected chi connectivity index (χ2v) is 2.42. The summed E-state index contributed by atoms with van der Waals surface area (Å²) in [4.78, 5) is 18.9. The summed E-state index contributed by atoms with van der Waals surface area (Å²) in [6.07, 6.45) is -0.366. The zero-order valence-electron chi connectivity index (χ0n) is 6.49. The van der Waals surface area contributed by atoms with Crippen LogP contribution in [0.2, 0.25) is 0 Å². The SMILES string of the molecule is CC1CN1.O=CCC(O)C=O. The van der Waals surface area contributed by atoms with Crippen molar-refractivity contribution >= 4 is 12.6 Å². The van der Waals surface area contributed by atoms with Gasteiger partial charge in [0, 0.05) is 19.0 Å². The lowest BCUT2D eigenvalue weighted by atomic mass is 10.3. The Hall–Kier alpha value is -0.740. The van der Waals surface area contributed by atoms with Gasteiger partial charge in [-0.3, -0.25) is 0 Å². The van der Waals surface area contributed by atoms with Gasteiger partial charge in [-0.05, 0) is 6.92 Å². The van der Waals surface area contributed by atoms with Crippen molar-refractivity contribution in [3.05, 3.63) is 0 Å². The van der Waals surface area contributed by atoms with Crippen LogP contribution in [-0.2, 0) is 9.59 Å². The van der Waals surface area contributed by atoms with E-state index in [0.717, 1.165) is 6.04 Å². The number of aldehydes is 2. The summed E-state index contributed by atoms with van der Waals surface area (Å²) in [5.41, 5.74) is 0. The number of carbonyl (C=O) groups excluding carboxylic acids is 2. The van der Waals surface area contributed by atoms with Crippen LogP contribution in [0.5, 0.6) is 0 Å². The molecule has 1 rings (SSSR count). The molecule has 0 amide bonds. The lowest BCUT2D eigenvalue weighted by Gasteiger charge is -1.88. The molecule has 0 bridgehead atoms. The lowest BCUT2D eigenvalue weighted by Crippen LogP contribution is -2.07. The van der Waals surface area contributed by atoms with Crippen LogP contribution in [0.1, 0.15) is 13.3 Å². The Morgan fingerprint density at radius 3 is 2.27 bits per heavy atom. The Bertz CT molecular complexity index is 123. The van der Waals surface area contributed by atoms with E-state index >= 15 is 0 Å². The van der Waals surface area contributed by atoms with Gasteiger partial charge in [0.25, 0.3) is 0 Å². The fraction of sp³-hybridized carbons (Fsp3) is 0.714. The van der Waals surface area contributed by atoms with Gasteiger partial charge < -0.3 is 20.0 Å². The van der Waals surface area contributed by atoms with Crippen LogP contribution >= 0.6 is 0 Å². The molecule has 2 unspecified atom stereocenters. The van der Waals surface area contributed by atoms with E-state index in [0.29, 0.717) is 12.6 Å². The Balaban J connectivity index is 0.000000207. The third kappa shape index (κ3) is 9.26. The number of rotatable bonds is 3. The minimum absolute atomic E-state index is 0.0938. The average Bonchev–Trinajstić information content (AvgIpc) is 2.74. The van der Waals surface area contributed by atoms with E-state index in [1.54, 1.807) is 0 Å². The maximum absolute atomic E-state index is 9.49. The molecule has 4 nitrogen and oxygen atoms in total. The van der Waals surface area contributed by atoms with Crippen molar-refractivity contribution in [2.24, 2.45) is 0 Å². The van der Waals surface area contributed by atoms with Crippen LogP contribution in [-0.4, -0.2) is 36.4 Å². The molecular formula is C7H13NO3. The van der Waals surface area contributed by atoms with Gasteiger partial charge in [-0.15, -0.1) is 0 Å². The summed E-state index contributed by atoms with van der Waals surface area (Å²) in [7, 11) is 0. The van der Waals surface area contributed by atoms with Gasteiger partial charge in [-0.2, -0.15) is 0 Å². The summed E-state index contributed by atoms with van der Waals surface area (Å²) in [5, 5.41) is 11.4. The molecule has 0 aliphatic carbocycles. The smallest absolute Gasteiger partial charge is 0.148 e. The zero-order valence-corrected chi connectivity index (χ0v) is 6.49. The van der Waals surface area contributed by atoms with E-state index in [2.05, 4.69) is 12.2 Å². The van der Waals surface area contributed by atoms with Gasteiger partial charge in [0.1, 0.15) is 18.7 Å². The highest BCUT2D eigenvalue weighted by Gasteiger charge is 2.10. The normalized spacial score (nSPS) is 22.5. The first-order valence-corrected chi connectivity index (χ1v) is 3.51. The molecule has 0 aromatic carbocycles. The van der Waals surface area contributed by atoms with E-state index in [9.17, 15) is 9.59 Å². The van der Waals surface area contributed by atoms with Crippen molar-refractivity contribution in [1.29, 1.82) is 0 Å². The largest absolute Gasteiger partial charge is 0.385 e. The highest BCUT2D eigenvalue weighted by molar-refractivity contribution is 5.63. The summed E-state index contributed by atoms with van der Waals surface area (Å²) < 4.78 is 0. The number of nitrogens with one attached hydrogen (secondary N) is 1. The van der Waals surface area contributed by atoms with Gasteiger partial charge in [0.05, 0.1) is 0 Å². The Labute approximate surface area is 65.6 Å². The lowest BCUT2D eigenvalue weighted by molar-refractivity contribution is -0.119. The molecule has 2 atom stereocenters. The second-order valence-electron chi connectivity index (χ2n) is 2.42. The summed E-state index contributed by atoms with van der Waals surface area (Å²) >= 11 is 0. The highest BCUT2D eigenvalue weighted by atomic mass is 16.3. The van der Waals surface area contributed by atoms with Crippen LogP contribution in [0, 0.1) is 0 Å². The first kappa shape index (κ1) is 10.3. The molecule has 2 N–H and O–H groups in total. The molecule has 11 heavy (non-hydrogen) atoms. The third-order valence-electron chi connectivity index (χ3n) is 1.11. The first-order valence-electron chi connectivity index (χ1n) is 3.51. The van der Waals surface area contributed by atoms with Crippen molar-refractivity contribution in [3.63, 3.8) is 0 Å². The minimum Gasteiger partial charge on any atom is -0.385 e. The van der Waals surface area contributed by atoms with Crippen molar-refractivity contribution in [3.8, 4) is 0 Å². The van der Waals surface area contributed by atoms with Crippen LogP contribution in [0.4, 0.5) is 0 Å². The molecule has 0 aromatic rings. The molecule has 1 saturated heterocycles. The summed E-state index contributed by atoms with van der Waals surface area (Å²) in [6.45, 7) is 3.40. The number of aliphatic hydroxyl groups excluding tert-OH is 1. The topological polar surface area (TPSA) is 76.3 Å². The molecule has 0 spiro atoms. The predicted octanol–water partition coefficient (Wildman–Crippen LogP) is -0.887. The molecule has 0 aromatic heterocycles. The van der Waals surface area contributed by atoms with Crippen LogP contribution in [0.3, 0.4) is 0 Å². The quantitative estimate of drug-likeness (QED) is 0.414. The number of carbonyl (C=O) groups is 2. The van der Waals surface area contributed by atoms with E-state index in [-0.39, 0.29) is 6.42 Å². The average molecular weight is 159 g/mol. The molecule has 0 saturated carbocycles. The van der Waals surface area contributed by atoms with E-state index < -0.39 is 6.10 Å². The van der Waals surface area contributed by atoms with Gasteiger partial charge in [0.2, 0.25) is 0 Å². The highest BCUT2D eigenvalue weighted by Crippen LogP contribution is 1.88. The molecule has 1 fully saturated rings. The van der Waals surface area contributed by atoms with E-state index in [4.69, 9.17) is 5.11 Å². The van der Waals surface area contributed by atoms with Crippen molar-refractivity contribution in [1.82, 2.24) is 5.32 Å². The van der Waals surface area contributed by atoms with Crippen molar-refractivity contribution in [2.45, 2.75) is 25.5 Å². The Morgan fingerprint density at radius 1 is 1.73 bits per heavy atom. The third-order valence-corrected chi connectivity index (χ3v) is 1.11. The zero-order chi connectivity index (χ0) is 8.69. The number of hydrogen-bond donors (Lipinski definition) is 2. The molecule has 4 heteroatoms. The van der Waals surface area contributed by atoms with Gasteiger partial charge >= 0.3 is 0 Å². The van der Waals surface area contributed by atoms with Gasteiger partial charge in [0.15, 0.2) is 0 Å².